The summed E-state index contributed by atoms with van der Waals surface area (Å²) < 4.78 is 19.3. The summed E-state index contributed by atoms with van der Waals surface area (Å²) in [6.07, 6.45) is 0. The Kier molecular flexibility index (Phi) is 3.99. The van der Waals surface area contributed by atoms with E-state index in [2.05, 4.69) is 15.9 Å². The van der Waals surface area contributed by atoms with Gasteiger partial charge in [-0.15, -0.1) is 0 Å². The molecule has 18 heavy (non-hydrogen) atoms. The molecular weight excluding hydrogens is 297 g/mol. The number of nitrogens with two attached hydrogens (primary N) is 1. The SMILES string of the molecule is CC(N)c1ccc(Oc2ccc(Br)c(F)c2)cc1. The van der Waals surface area contributed by atoms with Crippen LogP contribution in [-0.4, -0.2) is 0 Å². The molecule has 0 bridgehead atoms. The van der Waals surface area contributed by atoms with E-state index in [0.717, 1.165) is 5.56 Å². The van der Waals surface area contributed by atoms with E-state index in [-0.39, 0.29) is 11.9 Å². The van der Waals surface area contributed by atoms with Crippen LogP contribution in [0.2, 0.25) is 0 Å². The Morgan fingerprint density at radius 3 is 2.28 bits per heavy atom. The standard InChI is InChI=1S/C14H13BrFNO/c1-9(17)10-2-4-11(5-3-10)18-12-6-7-13(15)14(16)8-12/h2-9H,17H2,1H3. The maximum absolute atomic E-state index is 13.3. The molecular formula is C14H13BrFNO. The zero-order valence-corrected chi connectivity index (χ0v) is 11.4. The molecule has 1 unspecified atom stereocenters. The van der Waals surface area contributed by atoms with Crippen molar-refractivity contribution in [2.45, 2.75) is 13.0 Å². The van der Waals surface area contributed by atoms with Crippen molar-refractivity contribution in [3.63, 3.8) is 0 Å². The van der Waals surface area contributed by atoms with Crippen LogP contribution in [-0.2, 0) is 0 Å². The van der Waals surface area contributed by atoms with Crippen molar-refractivity contribution in [3.8, 4) is 11.5 Å². The summed E-state index contributed by atoms with van der Waals surface area (Å²) >= 11 is 3.10. The quantitative estimate of drug-likeness (QED) is 0.912. The van der Waals surface area contributed by atoms with Crippen LogP contribution in [0.5, 0.6) is 11.5 Å². The van der Waals surface area contributed by atoms with E-state index in [9.17, 15) is 4.39 Å². The number of hydrogen-bond donors (Lipinski definition) is 1. The van der Waals surface area contributed by atoms with Gasteiger partial charge in [-0.25, -0.2) is 4.39 Å². The molecule has 0 radical (unpaired) electrons. The van der Waals surface area contributed by atoms with Crippen LogP contribution < -0.4 is 10.5 Å². The molecule has 0 amide bonds. The molecule has 2 aromatic rings. The molecule has 0 heterocycles. The van der Waals surface area contributed by atoms with Crippen molar-refractivity contribution in [2.24, 2.45) is 5.73 Å². The lowest BCUT2D eigenvalue weighted by molar-refractivity contribution is 0.476. The molecule has 2 nitrogen and oxygen atoms in total. The van der Waals surface area contributed by atoms with Gasteiger partial charge in [-0.3, -0.25) is 0 Å². The van der Waals surface area contributed by atoms with Crippen LogP contribution in [0.4, 0.5) is 4.39 Å². The average Bonchev–Trinajstić information content (AvgIpc) is 2.34. The second-order valence-electron chi connectivity index (χ2n) is 4.04. The van der Waals surface area contributed by atoms with E-state index in [4.69, 9.17) is 10.5 Å². The van der Waals surface area contributed by atoms with Gasteiger partial charge in [0.25, 0.3) is 0 Å². The van der Waals surface area contributed by atoms with Gasteiger partial charge in [0.05, 0.1) is 4.47 Å². The van der Waals surface area contributed by atoms with Crippen molar-refractivity contribution in [1.29, 1.82) is 0 Å². The minimum Gasteiger partial charge on any atom is -0.457 e. The van der Waals surface area contributed by atoms with Gasteiger partial charge in [0.15, 0.2) is 0 Å². The van der Waals surface area contributed by atoms with Crippen molar-refractivity contribution >= 4 is 15.9 Å². The number of hydrogen-bond acceptors (Lipinski definition) is 2. The molecule has 1 atom stereocenters. The number of halogens is 2. The van der Waals surface area contributed by atoms with Gasteiger partial charge in [-0.2, -0.15) is 0 Å². The van der Waals surface area contributed by atoms with E-state index in [1.165, 1.54) is 6.07 Å². The van der Waals surface area contributed by atoms with E-state index in [0.29, 0.717) is 16.0 Å². The van der Waals surface area contributed by atoms with E-state index >= 15 is 0 Å². The van der Waals surface area contributed by atoms with E-state index in [1.54, 1.807) is 12.1 Å². The normalized spacial score (nSPS) is 12.2. The highest BCUT2D eigenvalue weighted by Crippen LogP contribution is 2.26. The molecule has 0 aliphatic heterocycles. The summed E-state index contributed by atoms with van der Waals surface area (Å²) in [5.74, 6) is 0.769. The first kappa shape index (κ1) is 13.1. The predicted molar refractivity (Wildman–Crippen MR) is 73.2 cm³/mol. The second-order valence-corrected chi connectivity index (χ2v) is 4.89. The monoisotopic (exact) mass is 309 g/mol. The summed E-state index contributed by atoms with van der Waals surface area (Å²) in [7, 11) is 0. The van der Waals surface area contributed by atoms with E-state index < -0.39 is 0 Å². The van der Waals surface area contributed by atoms with Gasteiger partial charge in [0.2, 0.25) is 0 Å². The molecule has 2 rings (SSSR count). The third-order valence-electron chi connectivity index (χ3n) is 2.53. The molecule has 0 aromatic heterocycles. The van der Waals surface area contributed by atoms with Gasteiger partial charge in [-0.1, -0.05) is 12.1 Å². The van der Waals surface area contributed by atoms with Gasteiger partial charge in [-0.05, 0) is 52.7 Å². The van der Waals surface area contributed by atoms with Gasteiger partial charge < -0.3 is 10.5 Å². The Balaban J connectivity index is 2.15. The first-order chi connectivity index (χ1) is 8.56. The molecule has 0 aliphatic rings. The molecule has 0 saturated carbocycles. The third-order valence-corrected chi connectivity index (χ3v) is 3.18. The van der Waals surface area contributed by atoms with Crippen LogP contribution in [0, 0.1) is 5.82 Å². The zero-order valence-electron chi connectivity index (χ0n) is 9.86. The summed E-state index contributed by atoms with van der Waals surface area (Å²) in [5, 5.41) is 0. The number of benzene rings is 2. The molecule has 0 aliphatic carbocycles. The highest BCUT2D eigenvalue weighted by atomic mass is 79.9. The summed E-state index contributed by atoms with van der Waals surface area (Å²) in [5.41, 5.74) is 6.79. The van der Waals surface area contributed by atoms with Crippen LogP contribution >= 0.6 is 15.9 Å². The Labute approximate surface area is 114 Å². The van der Waals surface area contributed by atoms with Crippen molar-refractivity contribution in [2.75, 3.05) is 0 Å². The lowest BCUT2D eigenvalue weighted by atomic mass is 10.1. The molecule has 0 spiro atoms. The Morgan fingerprint density at radius 1 is 1.11 bits per heavy atom. The second kappa shape index (κ2) is 5.50. The summed E-state index contributed by atoms with van der Waals surface area (Å²) in [4.78, 5) is 0. The van der Waals surface area contributed by atoms with Gasteiger partial charge in [0.1, 0.15) is 17.3 Å². The fourth-order valence-electron chi connectivity index (χ4n) is 1.52. The van der Waals surface area contributed by atoms with Crippen molar-refractivity contribution < 1.29 is 9.13 Å². The fourth-order valence-corrected chi connectivity index (χ4v) is 1.76. The Hall–Kier alpha value is -1.39. The van der Waals surface area contributed by atoms with Crippen LogP contribution in [0.3, 0.4) is 0 Å². The molecule has 4 heteroatoms. The average molecular weight is 310 g/mol. The summed E-state index contributed by atoms with van der Waals surface area (Å²) in [6, 6.07) is 12.1. The molecule has 94 valence electrons. The topological polar surface area (TPSA) is 35.2 Å². The maximum Gasteiger partial charge on any atom is 0.141 e. The Bertz CT molecular complexity index is 540. The van der Waals surface area contributed by atoms with Crippen LogP contribution in [0.25, 0.3) is 0 Å². The van der Waals surface area contributed by atoms with Gasteiger partial charge in [0, 0.05) is 12.1 Å². The third kappa shape index (κ3) is 3.09. The van der Waals surface area contributed by atoms with Crippen molar-refractivity contribution in [3.05, 3.63) is 58.3 Å². The highest BCUT2D eigenvalue weighted by molar-refractivity contribution is 9.10. The maximum atomic E-state index is 13.3. The first-order valence-electron chi connectivity index (χ1n) is 5.54. The highest BCUT2D eigenvalue weighted by Gasteiger charge is 2.04. The summed E-state index contributed by atoms with van der Waals surface area (Å²) in [6.45, 7) is 1.92. The fraction of sp³-hybridized carbons (Fsp3) is 0.143. The molecule has 0 saturated heterocycles. The minimum atomic E-state index is -0.347. The van der Waals surface area contributed by atoms with Gasteiger partial charge >= 0.3 is 0 Å². The lowest BCUT2D eigenvalue weighted by Gasteiger charge is -2.09. The van der Waals surface area contributed by atoms with Crippen LogP contribution in [0.15, 0.2) is 46.9 Å². The first-order valence-corrected chi connectivity index (χ1v) is 6.34. The molecule has 2 aromatic carbocycles. The number of rotatable bonds is 3. The van der Waals surface area contributed by atoms with Crippen molar-refractivity contribution in [1.82, 2.24) is 0 Å². The van der Waals surface area contributed by atoms with Crippen LogP contribution in [0.1, 0.15) is 18.5 Å². The molecule has 2 N–H and O–H groups in total. The minimum absolute atomic E-state index is 0.0100. The zero-order chi connectivity index (χ0) is 13.1. The largest absolute Gasteiger partial charge is 0.457 e. The van der Waals surface area contributed by atoms with E-state index in [1.807, 2.05) is 31.2 Å². The Morgan fingerprint density at radius 2 is 1.72 bits per heavy atom. The predicted octanol–water partition coefficient (Wildman–Crippen LogP) is 4.40. The number of ether oxygens (including phenoxy) is 1. The molecule has 0 fully saturated rings. The lowest BCUT2D eigenvalue weighted by Crippen LogP contribution is -2.04. The smallest absolute Gasteiger partial charge is 0.141 e.